The maximum atomic E-state index is 13.8. The minimum absolute atomic E-state index is 0.0344. The maximum Gasteiger partial charge on any atom is 0.411 e. The molecule has 0 aromatic heterocycles. The van der Waals surface area contributed by atoms with Crippen molar-refractivity contribution in [2.75, 3.05) is 12.4 Å². The van der Waals surface area contributed by atoms with Gasteiger partial charge in [0, 0.05) is 18.2 Å². The van der Waals surface area contributed by atoms with Crippen LogP contribution in [0.3, 0.4) is 0 Å². The molecule has 2 unspecified atom stereocenters. The van der Waals surface area contributed by atoms with Gasteiger partial charge in [-0.15, -0.1) is 0 Å². The number of hydrogen-bond acceptors (Lipinski definition) is 3. The minimum atomic E-state index is -0.533. The Bertz CT molecular complexity index is 776. The van der Waals surface area contributed by atoms with Crippen LogP contribution < -0.4 is 10.6 Å². The quantitative estimate of drug-likeness (QED) is 0.875. The van der Waals surface area contributed by atoms with Gasteiger partial charge in [0.05, 0.1) is 7.11 Å². The van der Waals surface area contributed by atoms with Crippen molar-refractivity contribution in [3.05, 3.63) is 65.5 Å². The van der Waals surface area contributed by atoms with E-state index in [0.29, 0.717) is 24.2 Å². The maximum absolute atomic E-state index is 13.8. The molecule has 25 heavy (non-hydrogen) atoms. The highest BCUT2D eigenvalue weighted by Gasteiger charge is 2.44. The van der Waals surface area contributed by atoms with Crippen molar-refractivity contribution < 1.29 is 18.7 Å². The van der Waals surface area contributed by atoms with Crippen LogP contribution in [0.15, 0.2) is 48.5 Å². The lowest BCUT2D eigenvalue weighted by molar-refractivity contribution is -0.122. The zero-order chi connectivity index (χ0) is 17.8. The summed E-state index contributed by atoms with van der Waals surface area (Å²) in [5, 5.41) is 5.44. The van der Waals surface area contributed by atoms with E-state index in [2.05, 4.69) is 15.4 Å². The van der Waals surface area contributed by atoms with Gasteiger partial charge in [-0.1, -0.05) is 30.3 Å². The Labute approximate surface area is 145 Å². The van der Waals surface area contributed by atoms with E-state index >= 15 is 0 Å². The fourth-order valence-electron chi connectivity index (χ4n) is 2.80. The van der Waals surface area contributed by atoms with E-state index in [-0.39, 0.29) is 23.6 Å². The van der Waals surface area contributed by atoms with Crippen molar-refractivity contribution in [1.29, 1.82) is 0 Å². The van der Waals surface area contributed by atoms with Crippen LogP contribution >= 0.6 is 0 Å². The zero-order valence-corrected chi connectivity index (χ0v) is 13.8. The topological polar surface area (TPSA) is 67.4 Å². The summed E-state index contributed by atoms with van der Waals surface area (Å²) in [7, 11) is 1.30. The molecule has 2 atom stereocenters. The van der Waals surface area contributed by atoms with Gasteiger partial charge in [-0.25, -0.2) is 9.18 Å². The first-order valence-corrected chi connectivity index (χ1v) is 8.04. The average molecular weight is 342 g/mol. The van der Waals surface area contributed by atoms with Crippen molar-refractivity contribution in [1.82, 2.24) is 5.32 Å². The van der Waals surface area contributed by atoms with Crippen LogP contribution in [0, 0.1) is 11.7 Å². The van der Waals surface area contributed by atoms with Crippen molar-refractivity contribution in [3.8, 4) is 0 Å². The lowest BCUT2D eigenvalue weighted by Gasteiger charge is -2.07. The summed E-state index contributed by atoms with van der Waals surface area (Å²) in [5.41, 5.74) is 2.14. The van der Waals surface area contributed by atoms with E-state index in [1.165, 1.54) is 13.2 Å². The fourth-order valence-corrected chi connectivity index (χ4v) is 2.80. The standard InChI is InChI=1S/C19H19FN2O3/c1-25-19(24)22-13-8-6-12(7-9-13)11-21-18(23)16-10-15(16)14-4-2-3-5-17(14)20/h2-9,15-16H,10-11H2,1H3,(H,21,23)(H,22,24). The van der Waals surface area contributed by atoms with E-state index in [9.17, 15) is 14.0 Å². The molecule has 2 aromatic rings. The molecular formula is C19H19FN2O3. The predicted molar refractivity (Wildman–Crippen MR) is 91.6 cm³/mol. The molecule has 1 fully saturated rings. The summed E-state index contributed by atoms with van der Waals surface area (Å²) in [6.07, 6.45) is 0.142. The second-order valence-electron chi connectivity index (χ2n) is 6.00. The monoisotopic (exact) mass is 342 g/mol. The molecule has 0 heterocycles. The largest absolute Gasteiger partial charge is 0.453 e. The van der Waals surface area contributed by atoms with Crippen molar-refractivity contribution in [2.24, 2.45) is 5.92 Å². The van der Waals surface area contributed by atoms with Crippen LogP contribution in [0.5, 0.6) is 0 Å². The summed E-state index contributed by atoms with van der Waals surface area (Å²) in [4.78, 5) is 23.3. The van der Waals surface area contributed by atoms with Gasteiger partial charge in [0.1, 0.15) is 5.82 Å². The molecule has 0 radical (unpaired) electrons. The number of hydrogen-bond donors (Lipinski definition) is 2. The second-order valence-corrected chi connectivity index (χ2v) is 6.00. The Morgan fingerprint density at radius 2 is 1.88 bits per heavy atom. The lowest BCUT2D eigenvalue weighted by atomic mass is 10.1. The zero-order valence-electron chi connectivity index (χ0n) is 13.8. The van der Waals surface area contributed by atoms with E-state index in [1.807, 2.05) is 12.1 Å². The Morgan fingerprint density at radius 3 is 2.56 bits per heavy atom. The molecule has 2 amide bonds. The summed E-state index contributed by atoms with van der Waals surface area (Å²) in [6, 6.07) is 13.7. The Balaban J connectivity index is 1.50. The Kier molecular flexibility index (Phi) is 4.97. The third-order valence-electron chi connectivity index (χ3n) is 4.28. The molecule has 3 rings (SSSR count). The smallest absolute Gasteiger partial charge is 0.411 e. The molecule has 5 nitrogen and oxygen atoms in total. The summed E-state index contributed by atoms with van der Waals surface area (Å²) >= 11 is 0. The van der Waals surface area contributed by atoms with Gasteiger partial charge in [0.2, 0.25) is 5.91 Å². The van der Waals surface area contributed by atoms with Gasteiger partial charge in [-0.2, -0.15) is 0 Å². The number of anilines is 1. The van der Waals surface area contributed by atoms with Crippen LogP contribution in [0.25, 0.3) is 0 Å². The van der Waals surface area contributed by atoms with E-state index in [1.54, 1.807) is 30.3 Å². The molecule has 0 bridgehead atoms. The number of ether oxygens (including phenoxy) is 1. The summed E-state index contributed by atoms with van der Waals surface area (Å²) in [5.74, 6) is -0.522. The summed E-state index contributed by atoms with van der Waals surface area (Å²) < 4.78 is 18.3. The first-order chi connectivity index (χ1) is 12.1. The van der Waals surface area contributed by atoms with Gasteiger partial charge in [0.15, 0.2) is 0 Å². The Morgan fingerprint density at radius 1 is 1.16 bits per heavy atom. The first kappa shape index (κ1) is 17.0. The molecule has 0 saturated heterocycles. The van der Waals surface area contributed by atoms with Crippen molar-refractivity contribution >= 4 is 17.7 Å². The van der Waals surface area contributed by atoms with Gasteiger partial charge in [-0.3, -0.25) is 10.1 Å². The molecule has 0 aliphatic heterocycles. The molecule has 1 aliphatic rings. The van der Waals surface area contributed by atoms with Crippen LogP contribution in [-0.2, 0) is 16.1 Å². The highest BCUT2D eigenvalue weighted by molar-refractivity contribution is 5.84. The van der Waals surface area contributed by atoms with Gasteiger partial charge in [-0.05, 0) is 41.7 Å². The molecule has 1 aliphatic carbocycles. The van der Waals surface area contributed by atoms with Crippen LogP contribution in [-0.4, -0.2) is 19.1 Å². The number of amides is 2. The molecule has 2 N–H and O–H groups in total. The third kappa shape index (κ3) is 4.15. The number of carbonyl (C=O) groups excluding carboxylic acids is 2. The van der Waals surface area contributed by atoms with Crippen LogP contribution in [0.1, 0.15) is 23.5 Å². The number of nitrogens with one attached hydrogen (secondary N) is 2. The Hall–Kier alpha value is -2.89. The highest BCUT2D eigenvalue weighted by atomic mass is 19.1. The summed E-state index contributed by atoms with van der Waals surface area (Å²) in [6.45, 7) is 0.387. The molecule has 2 aromatic carbocycles. The predicted octanol–water partition coefficient (Wildman–Crippen LogP) is 3.42. The van der Waals surface area contributed by atoms with Crippen molar-refractivity contribution in [3.63, 3.8) is 0 Å². The molecule has 6 heteroatoms. The minimum Gasteiger partial charge on any atom is -0.453 e. The first-order valence-electron chi connectivity index (χ1n) is 8.04. The van der Waals surface area contributed by atoms with Crippen LogP contribution in [0.4, 0.5) is 14.9 Å². The number of methoxy groups -OCH3 is 1. The van der Waals surface area contributed by atoms with Gasteiger partial charge >= 0.3 is 6.09 Å². The number of halogens is 1. The van der Waals surface area contributed by atoms with Gasteiger partial charge < -0.3 is 10.1 Å². The van der Waals surface area contributed by atoms with E-state index < -0.39 is 6.09 Å². The fraction of sp³-hybridized carbons (Fsp3) is 0.263. The lowest BCUT2D eigenvalue weighted by Crippen LogP contribution is -2.24. The molecule has 0 spiro atoms. The SMILES string of the molecule is COC(=O)Nc1ccc(CNC(=O)C2CC2c2ccccc2F)cc1. The number of benzene rings is 2. The van der Waals surface area contributed by atoms with E-state index in [4.69, 9.17) is 0 Å². The second kappa shape index (κ2) is 7.34. The normalized spacial score (nSPS) is 18.3. The molecule has 1 saturated carbocycles. The van der Waals surface area contributed by atoms with Gasteiger partial charge in [0.25, 0.3) is 0 Å². The molecule has 130 valence electrons. The van der Waals surface area contributed by atoms with Crippen LogP contribution in [0.2, 0.25) is 0 Å². The third-order valence-corrected chi connectivity index (χ3v) is 4.28. The molecular weight excluding hydrogens is 323 g/mol. The number of rotatable bonds is 5. The highest BCUT2D eigenvalue weighted by Crippen LogP contribution is 2.48. The average Bonchev–Trinajstić information content (AvgIpc) is 3.42. The number of carbonyl (C=O) groups is 2. The van der Waals surface area contributed by atoms with Crippen molar-refractivity contribution in [2.45, 2.75) is 18.9 Å². The van der Waals surface area contributed by atoms with E-state index in [0.717, 1.165) is 5.56 Å².